The van der Waals surface area contributed by atoms with Gasteiger partial charge in [-0.1, -0.05) is 11.6 Å². The highest BCUT2D eigenvalue weighted by atomic mass is 35.5. The standard InChI is InChI=1S/C21H31ClN4O3/c1-24-12-17(22)8-19(24)21(28)23-9-18-13-26(20(27)14-29-18)11-16-4-6-25(7-5-16)10-15-2-3-15/h8,12,15-16,18H,2-7,9-11,13-14H2,1H3,(H,23,28). The van der Waals surface area contributed by atoms with E-state index in [0.29, 0.717) is 29.7 Å². The van der Waals surface area contributed by atoms with Gasteiger partial charge in [0.15, 0.2) is 0 Å². The van der Waals surface area contributed by atoms with Crippen molar-refractivity contribution in [2.24, 2.45) is 18.9 Å². The number of piperidine rings is 1. The Bertz CT molecular complexity index is 740. The lowest BCUT2D eigenvalue weighted by molar-refractivity contribution is -0.149. The van der Waals surface area contributed by atoms with Gasteiger partial charge in [0.1, 0.15) is 12.3 Å². The fourth-order valence-electron chi connectivity index (χ4n) is 4.36. The van der Waals surface area contributed by atoms with Crippen molar-refractivity contribution in [1.29, 1.82) is 0 Å². The van der Waals surface area contributed by atoms with Gasteiger partial charge in [-0.3, -0.25) is 9.59 Å². The SMILES string of the molecule is Cn1cc(Cl)cc1C(=O)NCC1CN(CC2CCN(CC3CC3)CC2)C(=O)CO1. The van der Waals surface area contributed by atoms with Crippen LogP contribution in [0.5, 0.6) is 0 Å². The molecule has 1 aliphatic carbocycles. The molecule has 1 aromatic heterocycles. The summed E-state index contributed by atoms with van der Waals surface area (Å²) in [5.41, 5.74) is 0.511. The van der Waals surface area contributed by atoms with E-state index >= 15 is 0 Å². The molecule has 1 atom stereocenters. The summed E-state index contributed by atoms with van der Waals surface area (Å²) in [6.45, 7) is 5.38. The zero-order chi connectivity index (χ0) is 20.4. The molecule has 3 fully saturated rings. The van der Waals surface area contributed by atoms with Crippen molar-refractivity contribution in [3.63, 3.8) is 0 Å². The second-order valence-electron chi connectivity index (χ2n) is 8.78. The average Bonchev–Trinajstić information content (AvgIpc) is 3.45. The van der Waals surface area contributed by atoms with Crippen LogP contribution < -0.4 is 5.32 Å². The van der Waals surface area contributed by atoms with Crippen LogP contribution in [0.2, 0.25) is 5.02 Å². The Morgan fingerprint density at radius 1 is 1.21 bits per heavy atom. The molecule has 2 saturated heterocycles. The largest absolute Gasteiger partial charge is 0.365 e. The van der Waals surface area contributed by atoms with Crippen molar-refractivity contribution in [3.05, 3.63) is 23.0 Å². The topological polar surface area (TPSA) is 66.8 Å². The molecule has 160 valence electrons. The number of amides is 2. The number of hydrogen-bond acceptors (Lipinski definition) is 4. The number of rotatable bonds is 7. The highest BCUT2D eigenvalue weighted by Crippen LogP contribution is 2.31. The fraction of sp³-hybridized carbons (Fsp3) is 0.714. The summed E-state index contributed by atoms with van der Waals surface area (Å²) in [6.07, 6.45) is 6.64. The number of carbonyl (C=O) groups is 2. The second-order valence-corrected chi connectivity index (χ2v) is 9.22. The third-order valence-corrected chi connectivity index (χ3v) is 6.52. The van der Waals surface area contributed by atoms with Gasteiger partial charge in [-0.15, -0.1) is 0 Å². The molecule has 2 aliphatic heterocycles. The Kier molecular flexibility index (Phi) is 6.47. The lowest BCUT2D eigenvalue weighted by Gasteiger charge is -2.38. The van der Waals surface area contributed by atoms with E-state index in [2.05, 4.69) is 10.2 Å². The summed E-state index contributed by atoms with van der Waals surface area (Å²) in [4.78, 5) is 29.2. The van der Waals surface area contributed by atoms with Crippen molar-refractivity contribution < 1.29 is 14.3 Å². The first-order valence-corrected chi connectivity index (χ1v) is 11.1. The first-order valence-electron chi connectivity index (χ1n) is 10.7. The van der Waals surface area contributed by atoms with Gasteiger partial charge in [-0.05, 0) is 56.7 Å². The Morgan fingerprint density at radius 3 is 2.59 bits per heavy atom. The van der Waals surface area contributed by atoms with Gasteiger partial charge in [0, 0.05) is 39.4 Å². The maximum absolute atomic E-state index is 12.4. The summed E-state index contributed by atoms with van der Waals surface area (Å²) in [7, 11) is 1.79. The van der Waals surface area contributed by atoms with E-state index in [1.54, 1.807) is 23.9 Å². The normalized spacial score (nSPS) is 24.1. The predicted molar refractivity (Wildman–Crippen MR) is 111 cm³/mol. The van der Waals surface area contributed by atoms with E-state index in [4.69, 9.17) is 16.3 Å². The second kappa shape index (κ2) is 9.06. The number of halogens is 1. The van der Waals surface area contributed by atoms with E-state index in [-0.39, 0.29) is 24.5 Å². The van der Waals surface area contributed by atoms with E-state index < -0.39 is 0 Å². The third kappa shape index (κ3) is 5.53. The summed E-state index contributed by atoms with van der Waals surface area (Å²) in [5, 5.41) is 3.44. The molecule has 0 spiro atoms. The number of nitrogens with one attached hydrogen (secondary N) is 1. The Labute approximate surface area is 177 Å². The van der Waals surface area contributed by atoms with Crippen LogP contribution in [0.3, 0.4) is 0 Å². The smallest absolute Gasteiger partial charge is 0.268 e. The number of carbonyl (C=O) groups excluding carboxylic acids is 2. The third-order valence-electron chi connectivity index (χ3n) is 6.31. The molecule has 0 aromatic carbocycles. The van der Waals surface area contributed by atoms with Gasteiger partial charge < -0.3 is 24.4 Å². The molecule has 29 heavy (non-hydrogen) atoms. The minimum Gasteiger partial charge on any atom is -0.365 e. The number of aryl methyl sites for hydroxylation is 1. The summed E-state index contributed by atoms with van der Waals surface area (Å²) < 4.78 is 7.35. The molecule has 1 aromatic rings. The van der Waals surface area contributed by atoms with Crippen molar-refractivity contribution in [2.75, 3.05) is 45.9 Å². The Hall–Kier alpha value is -1.57. The number of ether oxygens (including phenoxy) is 1. The van der Waals surface area contributed by atoms with Crippen molar-refractivity contribution in [1.82, 2.24) is 19.7 Å². The van der Waals surface area contributed by atoms with Gasteiger partial charge in [0.2, 0.25) is 5.91 Å². The monoisotopic (exact) mass is 422 g/mol. The van der Waals surface area contributed by atoms with Crippen LogP contribution in [0.15, 0.2) is 12.3 Å². The zero-order valence-electron chi connectivity index (χ0n) is 17.1. The first kappa shape index (κ1) is 20.7. The summed E-state index contributed by atoms with van der Waals surface area (Å²) in [5.74, 6) is 1.37. The van der Waals surface area contributed by atoms with Crippen LogP contribution >= 0.6 is 11.6 Å². The number of aromatic nitrogens is 1. The summed E-state index contributed by atoms with van der Waals surface area (Å²) >= 11 is 5.95. The molecule has 1 saturated carbocycles. The maximum Gasteiger partial charge on any atom is 0.268 e. The van der Waals surface area contributed by atoms with Gasteiger partial charge in [0.25, 0.3) is 5.91 Å². The Balaban J connectivity index is 1.22. The average molecular weight is 423 g/mol. The van der Waals surface area contributed by atoms with Crippen molar-refractivity contribution in [2.45, 2.75) is 31.8 Å². The molecule has 1 unspecified atom stereocenters. The molecule has 3 aliphatic rings. The van der Waals surface area contributed by atoms with Gasteiger partial charge >= 0.3 is 0 Å². The van der Waals surface area contributed by atoms with Crippen LogP contribution in [-0.4, -0.2) is 78.2 Å². The number of nitrogens with zero attached hydrogens (tertiary/aromatic N) is 3. The van der Waals surface area contributed by atoms with Crippen molar-refractivity contribution >= 4 is 23.4 Å². The molecule has 1 N–H and O–H groups in total. The van der Waals surface area contributed by atoms with E-state index in [9.17, 15) is 9.59 Å². The number of morpholine rings is 1. The van der Waals surface area contributed by atoms with Crippen LogP contribution in [-0.2, 0) is 16.6 Å². The molecule has 4 rings (SSSR count). The molecular formula is C21H31ClN4O3. The number of hydrogen-bond donors (Lipinski definition) is 1. The summed E-state index contributed by atoms with van der Waals surface area (Å²) in [6, 6.07) is 1.64. The van der Waals surface area contributed by atoms with E-state index in [0.717, 1.165) is 38.4 Å². The van der Waals surface area contributed by atoms with Gasteiger partial charge in [0.05, 0.1) is 11.1 Å². The molecule has 0 radical (unpaired) electrons. The predicted octanol–water partition coefficient (Wildman–Crippen LogP) is 1.76. The van der Waals surface area contributed by atoms with Gasteiger partial charge in [-0.2, -0.15) is 0 Å². The quantitative estimate of drug-likeness (QED) is 0.727. The van der Waals surface area contributed by atoms with Crippen molar-refractivity contribution in [3.8, 4) is 0 Å². The molecule has 7 nitrogen and oxygen atoms in total. The van der Waals surface area contributed by atoms with Crippen LogP contribution in [0.1, 0.15) is 36.2 Å². The zero-order valence-corrected chi connectivity index (χ0v) is 17.9. The molecule has 8 heteroatoms. The first-order chi connectivity index (χ1) is 14.0. The molecule has 2 amide bonds. The lowest BCUT2D eigenvalue weighted by Crippen LogP contribution is -2.52. The lowest BCUT2D eigenvalue weighted by atomic mass is 9.95. The van der Waals surface area contributed by atoms with E-state index in [1.165, 1.54) is 19.4 Å². The minimum absolute atomic E-state index is 0.0576. The van der Waals surface area contributed by atoms with Crippen LogP contribution in [0.4, 0.5) is 0 Å². The van der Waals surface area contributed by atoms with Crippen LogP contribution in [0, 0.1) is 11.8 Å². The Morgan fingerprint density at radius 2 is 1.93 bits per heavy atom. The minimum atomic E-state index is -0.186. The van der Waals surface area contributed by atoms with Gasteiger partial charge in [-0.25, -0.2) is 0 Å². The molecular weight excluding hydrogens is 392 g/mol. The number of likely N-dealkylation sites (tertiary alicyclic amines) is 1. The maximum atomic E-state index is 12.4. The molecule has 3 heterocycles. The van der Waals surface area contributed by atoms with E-state index in [1.807, 2.05) is 4.90 Å². The van der Waals surface area contributed by atoms with Crippen LogP contribution in [0.25, 0.3) is 0 Å². The molecule has 0 bridgehead atoms. The highest BCUT2D eigenvalue weighted by Gasteiger charge is 2.31. The highest BCUT2D eigenvalue weighted by molar-refractivity contribution is 6.31. The fourth-order valence-corrected chi connectivity index (χ4v) is 4.61.